The number of phenols is 2. The van der Waals surface area contributed by atoms with Crippen molar-refractivity contribution in [2.75, 3.05) is 21.3 Å². The Morgan fingerprint density at radius 2 is 1.11 bits per heavy atom. The van der Waals surface area contributed by atoms with Gasteiger partial charge in [-0.15, -0.1) is 0 Å². The molecular formula is C29H26O7. The summed E-state index contributed by atoms with van der Waals surface area (Å²) in [6.07, 6.45) is 0. The van der Waals surface area contributed by atoms with E-state index in [1.54, 1.807) is 66.7 Å². The summed E-state index contributed by atoms with van der Waals surface area (Å²) in [5.41, 5.74) is 1.45. The lowest BCUT2D eigenvalue weighted by molar-refractivity contribution is 0.102. The third-order valence-corrected chi connectivity index (χ3v) is 5.26. The Bertz CT molecular complexity index is 1330. The van der Waals surface area contributed by atoms with Gasteiger partial charge in [-0.05, 0) is 12.1 Å². The van der Waals surface area contributed by atoms with Gasteiger partial charge in [0.25, 0.3) is 0 Å². The van der Waals surface area contributed by atoms with Crippen LogP contribution in [0.1, 0.15) is 31.8 Å². The number of rotatable bonds is 7. The summed E-state index contributed by atoms with van der Waals surface area (Å²) in [4.78, 5) is 24.4. The summed E-state index contributed by atoms with van der Waals surface area (Å²) in [6.45, 7) is 0. The van der Waals surface area contributed by atoms with Crippen LogP contribution in [0.2, 0.25) is 0 Å². The fourth-order valence-electron chi connectivity index (χ4n) is 3.39. The maximum atomic E-state index is 12.4. The van der Waals surface area contributed by atoms with Crippen LogP contribution in [0.3, 0.4) is 0 Å². The topological polar surface area (TPSA) is 102 Å². The van der Waals surface area contributed by atoms with Gasteiger partial charge < -0.3 is 24.4 Å². The summed E-state index contributed by atoms with van der Waals surface area (Å²) in [6, 6.07) is 25.1. The van der Waals surface area contributed by atoms with E-state index in [1.807, 2.05) is 12.1 Å². The van der Waals surface area contributed by atoms with Gasteiger partial charge in [-0.1, -0.05) is 60.7 Å². The first-order valence-electron chi connectivity index (χ1n) is 10.9. The zero-order chi connectivity index (χ0) is 26.1. The minimum absolute atomic E-state index is 0.0711. The van der Waals surface area contributed by atoms with Gasteiger partial charge in [-0.25, -0.2) is 0 Å². The average molecular weight is 487 g/mol. The molecule has 0 fully saturated rings. The molecule has 0 radical (unpaired) electrons. The zero-order valence-corrected chi connectivity index (χ0v) is 20.1. The number of carbonyl (C=O) groups excluding carboxylic acids is 2. The van der Waals surface area contributed by atoms with Crippen molar-refractivity contribution in [3.05, 3.63) is 113 Å². The molecule has 0 spiro atoms. The van der Waals surface area contributed by atoms with Crippen molar-refractivity contribution in [2.24, 2.45) is 0 Å². The van der Waals surface area contributed by atoms with Gasteiger partial charge in [-0.2, -0.15) is 0 Å². The predicted octanol–water partition coefficient (Wildman–Crippen LogP) is 5.27. The fraction of sp³-hybridized carbons (Fsp3) is 0.103. The third-order valence-electron chi connectivity index (χ3n) is 5.26. The Kier molecular flexibility index (Phi) is 8.67. The number of hydrogen-bond acceptors (Lipinski definition) is 7. The number of ketones is 2. The minimum Gasteiger partial charge on any atom is -0.507 e. The molecule has 7 heteroatoms. The Morgan fingerprint density at radius 3 is 1.61 bits per heavy atom. The molecule has 0 saturated heterocycles. The normalized spacial score (nSPS) is 9.97. The standard InChI is InChI=1S/C15H14O4.C14H12O3/c1-18-11-8-12(16)14(13(9-11)19-2)15(17)10-6-4-3-5-7-10;1-17-11-7-8-12(13(15)9-11)14(16)10-5-3-2-4-6-10/h3-9,16H,1-2H3;2-9,15H,1H3. The van der Waals surface area contributed by atoms with Crippen LogP contribution in [0.15, 0.2) is 91.0 Å². The van der Waals surface area contributed by atoms with Crippen molar-refractivity contribution >= 4 is 11.6 Å². The lowest BCUT2D eigenvalue weighted by Gasteiger charge is -2.11. The molecule has 0 aliphatic carbocycles. The molecule has 2 N–H and O–H groups in total. The molecule has 0 aliphatic heterocycles. The first-order chi connectivity index (χ1) is 17.4. The van der Waals surface area contributed by atoms with Gasteiger partial charge in [0.1, 0.15) is 34.3 Å². The van der Waals surface area contributed by atoms with Crippen LogP contribution in [0.4, 0.5) is 0 Å². The second-order valence-corrected chi connectivity index (χ2v) is 7.50. The number of hydrogen-bond donors (Lipinski definition) is 2. The molecule has 0 aliphatic rings. The van der Waals surface area contributed by atoms with E-state index in [0.29, 0.717) is 22.6 Å². The molecule has 4 rings (SSSR count). The number of phenolic OH excluding ortho intramolecular Hbond substituents is 2. The van der Waals surface area contributed by atoms with E-state index in [2.05, 4.69) is 0 Å². The number of methoxy groups -OCH3 is 3. The van der Waals surface area contributed by atoms with E-state index in [4.69, 9.17) is 14.2 Å². The van der Waals surface area contributed by atoms with Gasteiger partial charge in [0, 0.05) is 29.3 Å². The summed E-state index contributed by atoms with van der Waals surface area (Å²) < 4.78 is 15.1. The second-order valence-electron chi connectivity index (χ2n) is 7.50. The summed E-state index contributed by atoms with van der Waals surface area (Å²) in [5.74, 6) is 0.503. The molecule has 0 aromatic heterocycles. The highest BCUT2D eigenvalue weighted by Crippen LogP contribution is 2.34. The molecule has 0 bridgehead atoms. The highest BCUT2D eigenvalue weighted by Gasteiger charge is 2.20. The molecule has 0 unspecified atom stereocenters. The quantitative estimate of drug-likeness (QED) is 0.343. The van der Waals surface area contributed by atoms with Crippen molar-refractivity contribution in [1.29, 1.82) is 0 Å². The van der Waals surface area contributed by atoms with Gasteiger partial charge in [0.2, 0.25) is 5.78 Å². The molecule has 0 atom stereocenters. The van der Waals surface area contributed by atoms with Crippen LogP contribution < -0.4 is 14.2 Å². The average Bonchev–Trinajstić information content (AvgIpc) is 2.93. The first kappa shape index (κ1) is 25.8. The van der Waals surface area contributed by atoms with E-state index in [1.165, 1.54) is 33.5 Å². The molecule has 7 nitrogen and oxygen atoms in total. The van der Waals surface area contributed by atoms with Crippen molar-refractivity contribution < 1.29 is 34.0 Å². The second kappa shape index (κ2) is 12.1. The zero-order valence-electron chi connectivity index (χ0n) is 20.1. The van der Waals surface area contributed by atoms with Gasteiger partial charge in [0.05, 0.1) is 26.9 Å². The first-order valence-corrected chi connectivity index (χ1v) is 10.9. The Balaban J connectivity index is 0.000000202. The van der Waals surface area contributed by atoms with E-state index in [-0.39, 0.29) is 39.9 Å². The minimum atomic E-state index is -0.294. The molecule has 184 valence electrons. The van der Waals surface area contributed by atoms with Crippen molar-refractivity contribution in [2.45, 2.75) is 0 Å². The monoisotopic (exact) mass is 486 g/mol. The van der Waals surface area contributed by atoms with Crippen molar-refractivity contribution in [3.8, 4) is 28.7 Å². The number of benzene rings is 4. The maximum Gasteiger partial charge on any atom is 0.200 e. The predicted molar refractivity (Wildman–Crippen MR) is 136 cm³/mol. The summed E-state index contributed by atoms with van der Waals surface area (Å²) >= 11 is 0. The number of aromatic hydroxyl groups is 2. The van der Waals surface area contributed by atoms with Crippen LogP contribution in [0.25, 0.3) is 0 Å². The van der Waals surface area contributed by atoms with Crippen LogP contribution in [0.5, 0.6) is 28.7 Å². The number of ether oxygens (including phenoxy) is 3. The number of carbonyl (C=O) groups is 2. The summed E-state index contributed by atoms with van der Waals surface area (Å²) in [5, 5.41) is 19.7. The Hall–Kier alpha value is -4.78. The van der Waals surface area contributed by atoms with Crippen molar-refractivity contribution in [3.63, 3.8) is 0 Å². The lowest BCUT2D eigenvalue weighted by Crippen LogP contribution is -2.04. The lowest BCUT2D eigenvalue weighted by atomic mass is 10.0. The van der Waals surface area contributed by atoms with Crippen LogP contribution in [-0.4, -0.2) is 43.1 Å². The van der Waals surface area contributed by atoms with E-state index >= 15 is 0 Å². The van der Waals surface area contributed by atoms with Gasteiger partial charge >= 0.3 is 0 Å². The Morgan fingerprint density at radius 1 is 0.583 bits per heavy atom. The van der Waals surface area contributed by atoms with Crippen LogP contribution in [-0.2, 0) is 0 Å². The highest BCUT2D eigenvalue weighted by atomic mass is 16.5. The molecule has 4 aromatic rings. The summed E-state index contributed by atoms with van der Waals surface area (Å²) in [7, 11) is 4.43. The maximum absolute atomic E-state index is 12.4. The van der Waals surface area contributed by atoms with Crippen LogP contribution in [0, 0.1) is 0 Å². The smallest absolute Gasteiger partial charge is 0.200 e. The highest BCUT2D eigenvalue weighted by molar-refractivity contribution is 6.12. The fourth-order valence-corrected chi connectivity index (χ4v) is 3.39. The van der Waals surface area contributed by atoms with E-state index in [0.717, 1.165) is 0 Å². The molecular weight excluding hydrogens is 460 g/mol. The molecule has 4 aromatic carbocycles. The van der Waals surface area contributed by atoms with Gasteiger partial charge in [0.15, 0.2) is 5.78 Å². The van der Waals surface area contributed by atoms with Crippen LogP contribution >= 0.6 is 0 Å². The van der Waals surface area contributed by atoms with Crippen molar-refractivity contribution in [1.82, 2.24) is 0 Å². The van der Waals surface area contributed by atoms with Gasteiger partial charge in [-0.3, -0.25) is 9.59 Å². The largest absolute Gasteiger partial charge is 0.507 e. The third kappa shape index (κ3) is 6.01. The molecule has 0 amide bonds. The molecule has 0 saturated carbocycles. The molecule has 0 heterocycles. The van der Waals surface area contributed by atoms with E-state index < -0.39 is 0 Å². The Labute approximate surface area is 209 Å². The molecule has 36 heavy (non-hydrogen) atoms. The van der Waals surface area contributed by atoms with E-state index in [9.17, 15) is 19.8 Å². The SMILES string of the molecule is COc1cc(O)c(C(=O)c2ccccc2)c(OC)c1.COc1ccc(C(=O)c2ccccc2)c(O)c1.